The Balaban J connectivity index is 2.86. The third-order valence-corrected chi connectivity index (χ3v) is 2.18. The molecule has 3 N–H and O–H groups in total. The van der Waals surface area contributed by atoms with Crippen molar-refractivity contribution in [3.63, 3.8) is 0 Å². The second-order valence-electron chi connectivity index (χ2n) is 3.47. The van der Waals surface area contributed by atoms with E-state index >= 15 is 0 Å². The molecule has 90 valence electrons. The van der Waals surface area contributed by atoms with E-state index in [4.69, 9.17) is 20.8 Å². The molecule has 0 atom stereocenters. The van der Waals surface area contributed by atoms with Gasteiger partial charge in [0.25, 0.3) is 0 Å². The fourth-order valence-electron chi connectivity index (χ4n) is 1.38. The summed E-state index contributed by atoms with van der Waals surface area (Å²) < 4.78 is 5.39. The average molecular weight is 234 g/mol. The van der Waals surface area contributed by atoms with Gasteiger partial charge in [-0.05, 0) is 24.1 Å². The first-order valence-electron chi connectivity index (χ1n) is 5.25. The van der Waals surface area contributed by atoms with Crippen molar-refractivity contribution in [2.24, 2.45) is 5.73 Å². The molecule has 17 heavy (non-hydrogen) atoms. The minimum Gasteiger partial charge on any atom is -0.492 e. The van der Waals surface area contributed by atoms with Crippen LogP contribution in [0.1, 0.15) is 17.5 Å². The lowest BCUT2D eigenvalue weighted by atomic mass is 10.1. The Kier molecular flexibility index (Phi) is 4.98. The number of aryl methyl sites for hydroxylation is 1. The SMILES string of the molecule is N#Cc1ccc(CCC(=O)O)c(OCCN)c1. The van der Waals surface area contributed by atoms with Crippen molar-refractivity contribution in [3.8, 4) is 11.8 Å². The largest absolute Gasteiger partial charge is 0.492 e. The molecule has 0 spiro atoms. The first-order chi connectivity index (χ1) is 8.17. The molecule has 0 fully saturated rings. The number of nitrogens with two attached hydrogens (primary N) is 1. The summed E-state index contributed by atoms with van der Waals surface area (Å²) in [6.07, 6.45) is 0.409. The van der Waals surface area contributed by atoms with E-state index in [1.165, 1.54) is 0 Å². The highest BCUT2D eigenvalue weighted by Gasteiger charge is 2.07. The highest BCUT2D eigenvalue weighted by molar-refractivity contribution is 5.67. The van der Waals surface area contributed by atoms with Crippen LogP contribution in [0.5, 0.6) is 5.75 Å². The summed E-state index contributed by atoms with van der Waals surface area (Å²) in [6, 6.07) is 6.97. The topological polar surface area (TPSA) is 96.3 Å². The Morgan fingerprint density at radius 2 is 2.29 bits per heavy atom. The second kappa shape index (κ2) is 6.51. The third kappa shape index (κ3) is 4.13. The molecule has 0 aliphatic carbocycles. The summed E-state index contributed by atoms with van der Waals surface area (Å²) in [6.45, 7) is 0.712. The van der Waals surface area contributed by atoms with Crippen molar-refractivity contribution < 1.29 is 14.6 Å². The number of carbonyl (C=O) groups is 1. The van der Waals surface area contributed by atoms with E-state index in [9.17, 15) is 4.79 Å². The highest BCUT2D eigenvalue weighted by atomic mass is 16.5. The van der Waals surface area contributed by atoms with Crippen LogP contribution >= 0.6 is 0 Å². The normalized spacial score (nSPS) is 9.65. The molecule has 0 saturated heterocycles. The summed E-state index contributed by atoms with van der Waals surface area (Å²) >= 11 is 0. The Bertz CT molecular complexity index is 438. The van der Waals surface area contributed by atoms with Crippen LogP contribution in [0.3, 0.4) is 0 Å². The van der Waals surface area contributed by atoms with E-state index in [2.05, 4.69) is 0 Å². The molecule has 5 nitrogen and oxygen atoms in total. The molecular formula is C12H14N2O3. The molecule has 0 aromatic heterocycles. The van der Waals surface area contributed by atoms with E-state index in [0.29, 0.717) is 30.9 Å². The quantitative estimate of drug-likeness (QED) is 0.762. The fraction of sp³-hybridized carbons (Fsp3) is 0.333. The van der Waals surface area contributed by atoms with Crippen molar-refractivity contribution in [2.75, 3.05) is 13.2 Å². The zero-order chi connectivity index (χ0) is 12.7. The highest BCUT2D eigenvalue weighted by Crippen LogP contribution is 2.21. The van der Waals surface area contributed by atoms with Gasteiger partial charge in [0.05, 0.1) is 11.6 Å². The summed E-state index contributed by atoms with van der Waals surface area (Å²) in [5.41, 5.74) is 6.60. The number of hydrogen-bond acceptors (Lipinski definition) is 4. The summed E-state index contributed by atoms with van der Waals surface area (Å²) in [5.74, 6) is -0.324. The average Bonchev–Trinajstić information content (AvgIpc) is 2.34. The Morgan fingerprint density at radius 3 is 2.88 bits per heavy atom. The number of carboxylic acid groups (broad SMARTS) is 1. The molecule has 1 aromatic carbocycles. The van der Waals surface area contributed by atoms with Crippen LogP contribution in [0.25, 0.3) is 0 Å². The molecule has 0 radical (unpaired) electrons. The Labute approximate surface area is 99.4 Å². The van der Waals surface area contributed by atoms with Crippen molar-refractivity contribution in [1.29, 1.82) is 5.26 Å². The molecule has 0 aliphatic heterocycles. The molecule has 0 heterocycles. The standard InChI is InChI=1S/C12H14N2O3/c13-5-6-17-11-7-9(8-14)1-2-10(11)3-4-12(15)16/h1-2,7H,3-6,13H2,(H,15,16). The van der Waals surface area contributed by atoms with Gasteiger partial charge in [0.15, 0.2) is 0 Å². The minimum absolute atomic E-state index is 0.0326. The maximum atomic E-state index is 10.5. The van der Waals surface area contributed by atoms with Crippen molar-refractivity contribution in [1.82, 2.24) is 0 Å². The summed E-state index contributed by atoms with van der Waals surface area (Å²) in [4.78, 5) is 10.5. The van der Waals surface area contributed by atoms with Crippen LogP contribution in [0.15, 0.2) is 18.2 Å². The number of ether oxygens (including phenoxy) is 1. The predicted octanol–water partition coefficient (Wildman–Crippen LogP) is 0.913. The van der Waals surface area contributed by atoms with Crippen molar-refractivity contribution >= 4 is 5.97 Å². The van der Waals surface area contributed by atoms with Crippen molar-refractivity contribution in [3.05, 3.63) is 29.3 Å². The van der Waals surface area contributed by atoms with Crippen molar-refractivity contribution in [2.45, 2.75) is 12.8 Å². The molecule has 1 rings (SSSR count). The van der Waals surface area contributed by atoms with E-state index in [1.807, 2.05) is 6.07 Å². The van der Waals surface area contributed by atoms with Gasteiger partial charge in [-0.15, -0.1) is 0 Å². The van der Waals surface area contributed by atoms with E-state index < -0.39 is 5.97 Å². The Hall–Kier alpha value is -2.06. The smallest absolute Gasteiger partial charge is 0.303 e. The van der Waals surface area contributed by atoms with Crippen LogP contribution < -0.4 is 10.5 Å². The zero-order valence-electron chi connectivity index (χ0n) is 9.35. The number of nitrogens with zero attached hydrogens (tertiary/aromatic N) is 1. The van der Waals surface area contributed by atoms with Crippen LogP contribution in [-0.4, -0.2) is 24.2 Å². The lowest BCUT2D eigenvalue weighted by Gasteiger charge is -2.10. The van der Waals surface area contributed by atoms with Gasteiger partial charge >= 0.3 is 5.97 Å². The van der Waals surface area contributed by atoms with Gasteiger partial charge in [0.2, 0.25) is 0 Å². The van der Waals surface area contributed by atoms with Gasteiger partial charge in [-0.25, -0.2) is 0 Å². The fourth-order valence-corrected chi connectivity index (χ4v) is 1.38. The van der Waals surface area contributed by atoms with Gasteiger partial charge < -0.3 is 15.6 Å². The molecule has 0 aliphatic rings. The first kappa shape index (κ1) is 13.0. The molecule has 5 heteroatoms. The number of hydrogen-bond donors (Lipinski definition) is 2. The molecule has 0 amide bonds. The van der Waals surface area contributed by atoms with Gasteiger partial charge in [0, 0.05) is 13.0 Å². The van der Waals surface area contributed by atoms with Gasteiger partial charge in [-0.1, -0.05) is 6.07 Å². The number of carboxylic acids is 1. The maximum absolute atomic E-state index is 10.5. The van der Waals surface area contributed by atoms with Crippen LogP contribution in [-0.2, 0) is 11.2 Å². The lowest BCUT2D eigenvalue weighted by Crippen LogP contribution is -2.12. The summed E-state index contributed by atoms with van der Waals surface area (Å²) in [7, 11) is 0. The lowest BCUT2D eigenvalue weighted by molar-refractivity contribution is -0.136. The Morgan fingerprint density at radius 1 is 1.53 bits per heavy atom. The van der Waals surface area contributed by atoms with Crippen LogP contribution in [0, 0.1) is 11.3 Å². The molecule has 0 unspecified atom stereocenters. The molecule has 0 bridgehead atoms. The molecular weight excluding hydrogens is 220 g/mol. The van der Waals surface area contributed by atoms with Crippen LogP contribution in [0.4, 0.5) is 0 Å². The number of benzene rings is 1. The van der Waals surface area contributed by atoms with E-state index in [0.717, 1.165) is 5.56 Å². The number of nitriles is 1. The maximum Gasteiger partial charge on any atom is 0.303 e. The number of aliphatic carboxylic acids is 1. The molecule has 1 aromatic rings. The minimum atomic E-state index is -0.862. The van der Waals surface area contributed by atoms with E-state index in [-0.39, 0.29) is 6.42 Å². The zero-order valence-corrected chi connectivity index (χ0v) is 9.35. The number of rotatable bonds is 6. The molecule has 0 saturated carbocycles. The summed E-state index contributed by atoms with van der Waals surface area (Å²) in [5, 5.41) is 17.4. The van der Waals surface area contributed by atoms with Gasteiger partial charge in [-0.2, -0.15) is 5.26 Å². The first-order valence-corrected chi connectivity index (χ1v) is 5.25. The monoisotopic (exact) mass is 234 g/mol. The van der Waals surface area contributed by atoms with Gasteiger partial charge in [-0.3, -0.25) is 4.79 Å². The second-order valence-corrected chi connectivity index (χ2v) is 3.47. The predicted molar refractivity (Wildman–Crippen MR) is 61.7 cm³/mol. The van der Waals surface area contributed by atoms with E-state index in [1.54, 1.807) is 18.2 Å². The van der Waals surface area contributed by atoms with Crippen LogP contribution in [0.2, 0.25) is 0 Å². The third-order valence-electron chi connectivity index (χ3n) is 2.18. The van der Waals surface area contributed by atoms with Gasteiger partial charge in [0.1, 0.15) is 12.4 Å².